The standard InChI is InChI=1S/C14H16BrFN2O2/c1-2-9-8-18(4-3-13(9)17-20)14(19)10-5-11(15)7-12(16)6-10/h5-7,9,20H,2-4,8H2,1H3/b17-13+. The molecule has 0 aromatic heterocycles. The van der Waals surface area contributed by atoms with Crippen molar-refractivity contribution in [2.45, 2.75) is 19.8 Å². The lowest BCUT2D eigenvalue weighted by molar-refractivity contribution is 0.0728. The summed E-state index contributed by atoms with van der Waals surface area (Å²) in [5.74, 6) is -0.570. The minimum Gasteiger partial charge on any atom is -0.411 e. The van der Waals surface area contributed by atoms with Crippen LogP contribution in [0.25, 0.3) is 0 Å². The lowest BCUT2D eigenvalue weighted by atomic mass is 9.93. The number of rotatable bonds is 2. The van der Waals surface area contributed by atoms with Crippen molar-refractivity contribution in [2.75, 3.05) is 13.1 Å². The molecule has 4 nitrogen and oxygen atoms in total. The van der Waals surface area contributed by atoms with Crippen LogP contribution in [0.4, 0.5) is 4.39 Å². The first-order chi connectivity index (χ1) is 9.55. The van der Waals surface area contributed by atoms with Gasteiger partial charge in [0, 0.05) is 35.5 Å². The van der Waals surface area contributed by atoms with Crippen LogP contribution in [0.15, 0.2) is 27.8 Å². The summed E-state index contributed by atoms with van der Waals surface area (Å²) in [6, 6.07) is 4.17. The Hall–Kier alpha value is -1.43. The number of halogens is 2. The Labute approximate surface area is 125 Å². The maximum Gasteiger partial charge on any atom is 0.254 e. The number of nitrogens with zero attached hydrogens (tertiary/aromatic N) is 2. The summed E-state index contributed by atoms with van der Waals surface area (Å²) in [5.41, 5.74) is 1.06. The van der Waals surface area contributed by atoms with Crippen molar-refractivity contribution in [1.82, 2.24) is 4.90 Å². The maximum atomic E-state index is 13.4. The third kappa shape index (κ3) is 3.17. The molecular weight excluding hydrogens is 327 g/mol. The molecule has 0 radical (unpaired) electrons. The second-order valence-electron chi connectivity index (χ2n) is 4.86. The fourth-order valence-electron chi connectivity index (χ4n) is 2.46. The highest BCUT2D eigenvalue weighted by molar-refractivity contribution is 9.10. The van der Waals surface area contributed by atoms with Gasteiger partial charge in [-0.1, -0.05) is 28.0 Å². The fourth-order valence-corrected chi connectivity index (χ4v) is 2.92. The third-order valence-electron chi connectivity index (χ3n) is 3.57. The maximum absolute atomic E-state index is 13.4. The zero-order chi connectivity index (χ0) is 14.7. The van der Waals surface area contributed by atoms with Gasteiger partial charge in [-0.05, 0) is 24.6 Å². The van der Waals surface area contributed by atoms with Crippen LogP contribution in [-0.4, -0.2) is 34.8 Å². The Morgan fingerprint density at radius 2 is 2.30 bits per heavy atom. The van der Waals surface area contributed by atoms with E-state index in [2.05, 4.69) is 21.1 Å². The Morgan fingerprint density at radius 1 is 1.55 bits per heavy atom. The number of hydrogen-bond donors (Lipinski definition) is 1. The minimum atomic E-state index is -0.440. The highest BCUT2D eigenvalue weighted by Gasteiger charge is 2.28. The zero-order valence-corrected chi connectivity index (χ0v) is 12.7. The lowest BCUT2D eigenvalue weighted by Gasteiger charge is -2.33. The van der Waals surface area contributed by atoms with Gasteiger partial charge in [0.05, 0.1) is 5.71 Å². The highest BCUT2D eigenvalue weighted by atomic mass is 79.9. The summed E-state index contributed by atoms with van der Waals surface area (Å²) in [6.45, 7) is 2.98. The topological polar surface area (TPSA) is 52.9 Å². The molecule has 1 aromatic carbocycles. The number of piperidine rings is 1. The van der Waals surface area contributed by atoms with Crippen LogP contribution in [0.3, 0.4) is 0 Å². The Bertz CT molecular complexity index is 528. The summed E-state index contributed by atoms with van der Waals surface area (Å²) in [7, 11) is 0. The van der Waals surface area contributed by atoms with Crippen molar-refractivity contribution in [3.05, 3.63) is 34.1 Å². The van der Waals surface area contributed by atoms with E-state index in [1.165, 1.54) is 12.1 Å². The second kappa shape index (κ2) is 6.35. The quantitative estimate of drug-likeness (QED) is 0.662. The zero-order valence-electron chi connectivity index (χ0n) is 11.1. The molecule has 1 amide bonds. The fraction of sp³-hybridized carbons (Fsp3) is 0.429. The first-order valence-electron chi connectivity index (χ1n) is 6.51. The summed E-state index contributed by atoms with van der Waals surface area (Å²) < 4.78 is 13.9. The molecule has 0 aliphatic carbocycles. The third-order valence-corrected chi connectivity index (χ3v) is 4.03. The normalized spacial score (nSPS) is 21.2. The van der Waals surface area contributed by atoms with Crippen LogP contribution in [-0.2, 0) is 0 Å². The van der Waals surface area contributed by atoms with E-state index in [0.29, 0.717) is 29.5 Å². The molecule has 0 saturated carbocycles. The number of amides is 1. The molecule has 1 heterocycles. The summed E-state index contributed by atoms with van der Waals surface area (Å²) in [4.78, 5) is 14.1. The smallest absolute Gasteiger partial charge is 0.254 e. The molecule has 1 unspecified atom stereocenters. The van der Waals surface area contributed by atoms with Crippen LogP contribution in [0.5, 0.6) is 0 Å². The lowest BCUT2D eigenvalue weighted by Crippen LogP contribution is -2.44. The Morgan fingerprint density at radius 3 is 2.90 bits per heavy atom. The molecule has 1 aliphatic rings. The second-order valence-corrected chi connectivity index (χ2v) is 5.77. The predicted octanol–water partition coefficient (Wildman–Crippen LogP) is 3.29. The number of carbonyl (C=O) groups excluding carboxylic acids is 1. The van der Waals surface area contributed by atoms with Gasteiger partial charge in [0.25, 0.3) is 5.91 Å². The summed E-state index contributed by atoms with van der Waals surface area (Å²) in [5, 5.41) is 12.2. The van der Waals surface area contributed by atoms with Crippen molar-refractivity contribution in [1.29, 1.82) is 0 Å². The van der Waals surface area contributed by atoms with Gasteiger partial charge in [-0.2, -0.15) is 0 Å². The SMILES string of the molecule is CCC1CN(C(=O)c2cc(F)cc(Br)c2)CC/C1=N\O. The van der Waals surface area contributed by atoms with Gasteiger partial charge in [0.15, 0.2) is 0 Å². The van der Waals surface area contributed by atoms with Gasteiger partial charge < -0.3 is 10.1 Å². The molecule has 108 valence electrons. The predicted molar refractivity (Wildman–Crippen MR) is 77.6 cm³/mol. The van der Waals surface area contributed by atoms with E-state index in [4.69, 9.17) is 5.21 Å². The number of oxime groups is 1. The number of benzene rings is 1. The minimum absolute atomic E-state index is 0.0645. The van der Waals surface area contributed by atoms with Crippen molar-refractivity contribution in [3.8, 4) is 0 Å². The van der Waals surface area contributed by atoms with E-state index in [0.717, 1.165) is 12.1 Å². The molecule has 1 fully saturated rings. The highest BCUT2D eigenvalue weighted by Crippen LogP contribution is 2.21. The van der Waals surface area contributed by atoms with Gasteiger partial charge in [-0.3, -0.25) is 4.79 Å². The van der Waals surface area contributed by atoms with E-state index in [1.807, 2.05) is 6.92 Å². The Kier molecular flexibility index (Phi) is 4.75. The van der Waals surface area contributed by atoms with Crippen LogP contribution in [0.2, 0.25) is 0 Å². The molecule has 1 N–H and O–H groups in total. The molecule has 2 rings (SSSR count). The average molecular weight is 343 g/mol. The molecule has 20 heavy (non-hydrogen) atoms. The largest absolute Gasteiger partial charge is 0.411 e. The van der Waals surface area contributed by atoms with E-state index in [1.54, 1.807) is 11.0 Å². The first kappa shape index (κ1) is 15.0. The summed E-state index contributed by atoms with van der Waals surface area (Å²) in [6.07, 6.45) is 1.35. The van der Waals surface area contributed by atoms with Crippen molar-refractivity contribution < 1.29 is 14.4 Å². The molecule has 0 bridgehead atoms. The number of carbonyl (C=O) groups is 1. The molecule has 1 aromatic rings. The van der Waals surface area contributed by atoms with Gasteiger partial charge >= 0.3 is 0 Å². The van der Waals surface area contributed by atoms with E-state index < -0.39 is 5.82 Å². The molecule has 1 saturated heterocycles. The van der Waals surface area contributed by atoms with Crippen LogP contribution in [0.1, 0.15) is 30.1 Å². The monoisotopic (exact) mass is 342 g/mol. The van der Waals surface area contributed by atoms with Gasteiger partial charge in [-0.25, -0.2) is 4.39 Å². The van der Waals surface area contributed by atoms with Gasteiger partial charge in [-0.15, -0.1) is 0 Å². The van der Waals surface area contributed by atoms with Crippen molar-refractivity contribution in [2.24, 2.45) is 11.1 Å². The molecule has 1 aliphatic heterocycles. The molecule has 6 heteroatoms. The van der Waals surface area contributed by atoms with Crippen LogP contribution >= 0.6 is 15.9 Å². The first-order valence-corrected chi connectivity index (χ1v) is 7.30. The summed E-state index contributed by atoms with van der Waals surface area (Å²) >= 11 is 3.19. The average Bonchev–Trinajstić information content (AvgIpc) is 2.44. The van der Waals surface area contributed by atoms with Crippen molar-refractivity contribution in [3.63, 3.8) is 0 Å². The van der Waals surface area contributed by atoms with Crippen LogP contribution < -0.4 is 0 Å². The van der Waals surface area contributed by atoms with Crippen molar-refractivity contribution >= 4 is 27.5 Å². The van der Waals surface area contributed by atoms with Crippen LogP contribution in [0, 0.1) is 11.7 Å². The van der Waals surface area contributed by atoms with Gasteiger partial charge in [0.1, 0.15) is 5.82 Å². The molecule has 0 spiro atoms. The number of hydrogen-bond acceptors (Lipinski definition) is 3. The van der Waals surface area contributed by atoms with Gasteiger partial charge in [0.2, 0.25) is 0 Å². The number of likely N-dealkylation sites (tertiary alicyclic amines) is 1. The van der Waals surface area contributed by atoms with E-state index in [-0.39, 0.29) is 11.8 Å². The van der Waals surface area contributed by atoms with E-state index >= 15 is 0 Å². The van der Waals surface area contributed by atoms with E-state index in [9.17, 15) is 9.18 Å². The molecule has 1 atom stereocenters. The Balaban J connectivity index is 2.17. The molecular formula is C14H16BrFN2O2.